The van der Waals surface area contributed by atoms with Crippen LogP contribution < -0.4 is 15.4 Å². The lowest BCUT2D eigenvalue weighted by atomic mass is 10.3. The standard InChI is InChI=1S/C13H16F2N2O2S/c1-2-18-9-3-8-16-13(20)17-10-4-6-11(7-5-10)19-12(14)15/h2,4-7,12H,1,3,8-9H2,(H2,16,17,20). The van der Waals surface area contributed by atoms with Crippen LogP contribution in [0.25, 0.3) is 0 Å². The van der Waals surface area contributed by atoms with Gasteiger partial charge in [-0.15, -0.1) is 0 Å². The molecule has 0 aliphatic rings. The normalized spacial score (nSPS) is 9.95. The van der Waals surface area contributed by atoms with Gasteiger partial charge in [0.25, 0.3) is 0 Å². The lowest BCUT2D eigenvalue weighted by Gasteiger charge is -2.11. The number of halogens is 2. The fourth-order valence-corrected chi connectivity index (χ4v) is 1.56. The Morgan fingerprint density at radius 1 is 1.35 bits per heavy atom. The predicted molar refractivity (Wildman–Crippen MR) is 78.1 cm³/mol. The Morgan fingerprint density at radius 3 is 2.65 bits per heavy atom. The van der Waals surface area contributed by atoms with Crippen LogP contribution in [-0.4, -0.2) is 24.9 Å². The van der Waals surface area contributed by atoms with Gasteiger partial charge in [0, 0.05) is 12.2 Å². The molecule has 0 saturated carbocycles. The van der Waals surface area contributed by atoms with E-state index in [0.717, 1.165) is 6.42 Å². The summed E-state index contributed by atoms with van der Waals surface area (Å²) in [5.41, 5.74) is 0.687. The molecule has 0 atom stereocenters. The maximum Gasteiger partial charge on any atom is 0.387 e. The Morgan fingerprint density at radius 2 is 2.05 bits per heavy atom. The Labute approximate surface area is 121 Å². The van der Waals surface area contributed by atoms with Crippen LogP contribution in [0, 0.1) is 0 Å². The smallest absolute Gasteiger partial charge is 0.387 e. The second kappa shape index (κ2) is 9.08. The number of thiocarbonyl (C=S) groups is 1. The van der Waals surface area contributed by atoms with Crippen molar-refractivity contribution in [2.75, 3.05) is 18.5 Å². The second-order valence-corrected chi connectivity index (χ2v) is 4.08. The molecule has 1 rings (SSSR count). The van der Waals surface area contributed by atoms with Crippen LogP contribution in [0.15, 0.2) is 37.1 Å². The van der Waals surface area contributed by atoms with E-state index in [9.17, 15) is 8.78 Å². The molecule has 0 aromatic heterocycles. The van der Waals surface area contributed by atoms with Crippen molar-refractivity contribution in [3.05, 3.63) is 37.1 Å². The number of anilines is 1. The average molecular weight is 302 g/mol. The molecule has 4 nitrogen and oxygen atoms in total. The van der Waals surface area contributed by atoms with E-state index in [4.69, 9.17) is 17.0 Å². The van der Waals surface area contributed by atoms with Gasteiger partial charge in [0.05, 0.1) is 12.9 Å². The summed E-state index contributed by atoms with van der Waals surface area (Å²) in [5, 5.41) is 6.37. The molecule has 20 heavy (non-hydrogen) atoms. The van der Waals surface area contributed by atoms with Crippen LogP contribution >= 0.6 is 12.2 Å². The largest absolute Gasteiger partial charge is 0.502 e. The summed E-state index contributed by atoms with van der Waals surface area (Å²) in [5.74, 6) is 0.103. The molecule has 0 fully saturated rings. The monoisotopic (exact) mass is 302 g/mol. The second-order valence-electron chi connectivity index (χ2n) is 3.67. The summed E-state index contributed by atoms with van der Waals surface area (Å²) in [6, 6.07) is 6.09. The highest BCUT2D eigenvalue weighted by Gasteiger charge is 2.04. The number of ether oxygens (including phenoxy) is 2. The summed E-state index contributed by atoms with van der Waals surface area (Å²) in [7, 11) is 0. The molecule has 110 valence electrons. The van der Waals surface area contributed by atoms with Crippen molar-refractivity contribution in [1.82, 2.24) is 5.32 Å². The van der Waals surface area contributed by atoms with Crippen molar-refractivity contribution in [1.29, 1.82) is 0 Å². The third kappa shape index (κ3) is 6.89. The topological polar surface area (TPSA) is 42.5 Å². The summed E-state index contributed by atoms with van der Waals surface area (Å²) >= 11 is 5.08. The molecule has 0 heterocycles. The van der Waals surface area contributed by atoms with E-state index < -0.39 is 6.61 Å². The molecule has 0 aliphatic carbocycles. The van der Waals surface area contributed by atoms with Gasteiger partial charge in [0.15, 0.2) is 5.11 Å². The fraction of sp³-hybridized carbons (Fsp3) is 0.308. The van der Waals surface area contributed by atoms with Gasteiger partial charge in [0.2, 0.25) is 0 Å². The number of nitrogens with one attached hydrogen (secondary N) is 2. The van der Waals surface area contributed by atoms with E-state index in [1.54, 1.807) is 12.1 Å². The highest BCUT2D eigenvalue weighted by atomic mass is 32.1. The van der Waals surface area contributed by atoms with Gasteiger partial charge >= 0.3 is 6.61 Å². The summed E-state index contributed by atoms with van der Waals surface area (Å²) in [6.07, 6.45) is 2.18. The number of benzene rings is 1. The lowest BCUT2D eigenvalue weighted by Crippen LogP contribution is -2.29. The lowest BCUT2D eigenvalue weighted by molar-refractivity contribution is -0.0498. The highest BCUT2D eigenvalue weighted by molar-refractivity contribution is 7.80. The van der Waals surface area contributed by atoms with Crippen LogP contribution in [-0.2, 0) is 4.74 Å². The van der Waals surface area contributed by atoms with Crippen molar-refractivity contribution in [2.24, 2.45) is 0 Å². The Kier molecular flexibility index (Phi) is 7.34. The summed E-state index contributed by atoms with van der Waals surface area (Å²) in [6.45, 7) is 1.84. The molecule has 1 aromatic carbocycles. The summed E-state index contributed by atoms with van der Waals surface area (Å²) in [4.78, 5) is 0. The molecule has 0 bridgehead atoms. The van der Waals surface area contributed by atoms with Crippen LogP contribution in [0.2, 0.25) is 0 Å². The van der Waals surface area contributed by atoms with E-state index in [0.29, 0.717) is 24.0 Å². The Balaban J connectivity index is 2.29. The molecule has 0 unspecified atom stereocenters. The quantitative estimate of drug-likeness (QED) is 0.439. The van der Waals surface area contributed by atoms with Gasteiger partial charge in [-0.2, -0.15) is 8.78 Å². The highest BCUT2D eigenvalue weighted by Crippen LogP contribution is 2.17. The van der Waals surface area contributed by atoms with E-state index in [-0.39, 0.29) is 5.75 Å². The van der Waals surface area contributed by atoms with Crippen LogP contribution in [0.3, 0.4) is 0 Å². The van der Waals surface area contributed by atoms with E-state index in [1.165, 1.54) is 18.4 Å². The zero-order valence-electron chi connectivity index (χ0n) is 10.8. The number of alkyl halides is 2. The van der Waals surface area contributed by atoms with Gasteiger partial charge in [0.1, 0.15) is 5.75 Å². The third-order valence-corrected chi connectivity index (χ3v) is 2.43. The minimum absolute atomic E-state index is 0.103. The first-order chi connectivity index (χ1) is 9.61. The summed E-state index contributed by atoms with van der Waals surface area (Å²) < 4.78 is 33.2. The molecule has 1 aromatic rings. The minimum Gasteiger partial charge on any atom is -0.502 e. The molecule has 0 amide bonds. The predicted octanol–water partition coefficient (Wildman–Crippen LogP) is 3.12. The Bertz CT molecular complexity index is 427. The van der Waals surface area contributed by atoms with Gasteiger partial charge < -0.3 is 20.1 Å². The van der Waals surface area contributed by atoms with E-state index in [1.807, 2.05) is 0 Å². The Hall–Kier alpha value is -1.89. The van der Waals surface area contributed by atoms with Crippen molar-refractivity contribution in [3.8, 4) is 5.75 Å². The first-order valence-electron chi connectivity index (χ1n) is 5.94. The van der Waals surface area contributed by atoms with Crippen LogP contribution in [0.4, 0.5) is 14.5 Å². The van der Waals surface area contributed by atoms with Gasteiger partial charge in [-0.1, -0.05) is 6.58 Å². The first-order valence-corrected chi connectivity index (χ1v) is 6.35. The van der Waals surface area contributed by atoms with E-state index in [2.05, 4.69) is 21.9 Å². The van der Waals surface area contributed by atoms with Gasteiger partial charge in [-0.05, 0) is 42.9 Å². The zero-order chi connectivity index (χ0) is 14.8. The van der Waals surface area contributed by atoms with Gasteiger partial charge in [-0.25, -0.2) is 0 Å². The molecule has 0 radical (unpaired) electrons. The third-order valence-electron chi connectivity index (χ3n) is 2.18. The van der Waals surface area contributed by atoms with Crippen LogP contribution in [0.1, 0.15) is 6.42 Å². The van der Waals surface area contributed by atoms with Gasteiger partial charge in [-0.3, -0.25) is 0 Å². The van der Waals surface area contributed by atoms with Crippen molar-refractivity contribution >= 4 is 23.0 Å². The fourth-order valence-electron chi connectivity index (χ4n) is 1.34. The molecule has 7 heteroatoms. The molecular weight excluding hydrogens is 286 g/mol. The zero-order valence-corrected chi connectivity index (χ0v) is 11.6. The maximum atomic E-state index is 12.0. The van der Waals surface area contributed by atoms with Crippen molar-refractivity contribution in [2.45, 2.75) is 13.0 Å². The molecule has 0 spiro atoms. The van der Waals surface area contributed by atoms with Crippen molar-refractivity contribution in [3.63, 3.8) is 0 Å². The van der Waals surface area contributed by atoms with E-state index >= 15 is 0 Å². The molecule has 0 aliphatic heterocycles. The maximum absolute atomic E-state index is 12.0. The molecule has 2 N–H and O–H groups in total. The minimum atomic E-state index is -2.82. The SMILES string of the molecule is C=COCCCNC(=S)Nc1ccc(OC(F)F)cc1. The van der Waals surface area contributed by atoms with Crippen molar-refractivity contribution < 1.29 is 18.3 Å². The molecular formula is C13H16F2N2O2S. The molecule has 0 saturated heterocycles. The number of hydrogen-bond acceptors (Lipinski definition) is 3. The number of rotatable bonds is 8. The average Bonchev–Trinajstić information content (AvgIpc) is 2.40. The first kappa shape index (κ1) is 16.2. The van der Waals surface area contributed by atoms with Crippen LogP contribution in [0.5, 0.6) is 5.75 Å². The number of hydrogen-bond donors (Lipinski definition) is 2.